The van der Waals surface area contributed by atoms with Crippen molar-refractivity contribution in [3.63, 3.8) is 0 Å². The maximum atomic E-state index is 11.1. The van der Waals surface area contributed by atoms with Crippen molar-refractivity contribution in [2.24, 2.45) is 11.1 Å². The van der Waals surface area contributed by atoms with Crippen molar-refractivity contribution in [3.05, 3.63) is 23.8 Å². The van der Waals surface area contributed by atoms with Crippen LogP contribution in [0.4, 0.5) is 0 Å². The summed E-state index contributed by atoms with van der Waals surface area (Å²) in [7, 11) is 0. The molecule has 0 saturated carbocycles. The van der Waals surface area contributed by atoms with Gasteiger partial charge in [-0.3, -0.25) is 4.79 Å². The van der Waals surface area contributed by atoms with Crippen molar-refractivity contribution in [2.75, 3.05) is 13.2 Å². The third-order valence-corrected chi connectivity index (χ3v) is 2.74. The molecule has 0 fully saturated rings. The first-order chi connectivity index (χ1) is 8.92. The number of nitrogens with two attached hydrogens (primary N) is 1. The Kier molecular flexibility index (Phi) is 5.18. The minimum atomic E-state index is -0.967. The molecular weight excluding hydrogens is 246 g/mol. The lowest BCUT2D eigenvalue weighted by Crippen LogP contribution is -2.31. The van der Waals surface area contributed by atoms with E-state index in [2.05, 4.69) is 0 Å². The van der Waals surface area contributed by atoms with Gasteiger partial charge in [-0.1, -0.05) is 12.1 Å². The molecule has 19 heavy (non-hydrogen) atoms. The van der Waals surface area contributed by atoms with Gasteiger partial charge in [0.15, 0.2) is 11.5 Å². The van der Waals surface area contributed by atoms with Gasteiger partial charge >= 0.3 is 5.97 Å². The normalized spacial score (nSPS) is 11.2. The van der Waals surface area contributed by atoms with Gasteiger partial charge in [0.05, 0.1) is 12.0 Å². The first-order valence-electron chi connectivity index (χ1n) is 6.23. The molecule has 0 unspecified atom stereocenters. The van der Waals surface area contributed by atoms with Crippen molar-refractivity contribution < 1.29 is 19.4 Å². The third-order valence-electron chi connectivity index (χ3n) is 2.74. The molecule has 0 aliphatic carbocycles. The lowest BCUT2D eigenvalue weighted by Gasteiger charge is -2.22. The number of carbonyl (C=O) groups is 1. The molecule has 0 amide bonds. The standard InChI is InChI=1S/C14H21NO4/c1-4-18-11-7-5-6-10(8-15)12(11)19-9-14(2,3)13(16)17/h5-7H,4,8-9,15H2,1-3H3,(H,16,17). The van der Waals surface area contributed by atoms with Gasteiger partial charge < -0.3 is 20.3 Å². The highest BCUT2D eigenvalue weighted by atomic mass is 16.5. The summed E-state index contributed by atoms with van der Waals surface area (Å²) in [5.74, 6) is 0.212. The minimum Gasteiger partial charge on any atom is -0.490 e. The van der Waals surface area contributed by atoms with Crippen LogP contribution < -0.4 is 15.2 Å². The highest BCUT2D eigenvalue weighted by Crippen LogP contribution is 2.32. The van der Waals surface area contributed by atoms with E-state index >= 15 is 0 Å². The van der Waals surface area contributed by atoms with Gasteiger partial charge in [0.25, 0.3) is 0 Å². The van der Waals surface area contributed by atoms with Crippen molar-refractivity contribution in [2.45, 2.75) is 27.3 Å². The molecule has 0 spiro atoms. The zero-order valence-corrected chi connectivity index (χ0v) is 11.6. The van der Waals surface area contributed by atoms with Crippen LogP contribution in [-0.4, -0.2) is 24.3 Å². The molecule has 1 aromatic carbocycles. The van der Waals surface area contributed by atoms with Crippen LogP contribution in [0.2, 0.25) is 0 Å². The second-order valence-electron chi connectivity index (χ2n) is 4.86. The van der Waals surface area contributed by atoms with Crippen molar-refractivity contribution in [3.8, 4) is 11.5 Å². The van der Waals surface area contributed by atoms with E-state index in [4.69, 9.17) is 20.3 Å². The molecule has 0 aromatic heterocycles. The maximum absolute atomic E-state index is 11.1. The fraction of sp³-hybridized carbons (Fsp3) is 0.500. The SMILES string of the molecule is CCOc1cccc(CN)c1OCC(C)(C)C(=O)O. The number of hydrogen-bond acceptors (Lipinski definition) is 4. The van der Waals surface area contributed by atoms with Crippen LogP contribution in [0.3, 0.4) is 0 Å². The van der Waals surface area contributed by atoms with Gasteiger partial charge in [0.1, 0.15) is 6.61 Å². The zero-order chi connectivity index (χ0) is 14.5. The first-order valence-corrected chi connectivity index (χ1v) is 6.23. The summed E-state index contributed by atoms with van der Waals surface area (Å²) in [6.45, 7) is 5.97. The van der Waals surface area contributed by atoms with Gasteiger partial charge in [-0.15, -0.1) is 0 Å². The van der Waals surface area contributed by atoms with Crippen LogP contribution in [0.1, 0.15) is 26.3 Å². The van der Waals surface area contributed by atoms with Gasteiger partial charge in [-0.25, -0.2) is 0 Å². The molecule has 1 aromatic rings. The van der Waals surface area contributed by atoms with Crippen LogP contribution in [0, 0.1) is 5.41 Å². The largest absolute Gasteiger partial charge is 0.490 e. The van der Waals surface area contributed by atoms with Gasteiger partial charge in [0, 0.05) is 12.1 Å². The molecule has 106 valence electrons. The Morgan fingerprint density at radius 1 is 1.37 bits per heavy atom. The number of para-hydroxylation sites is 1. The van der Waals surface area contributed by atoms with E-state index < -0.39 is 11.4 Å². The summed E-state index contributed by atoms with van der Waals surface area (Å²) < 4.78 is 11.1. The fourth-order valence-electron chi connectivity index (χ4n) is 1.47. The lowest BCUT2D eigenvalue weighted by atomic mass is 9.95. The van der Waals surface area contributed by atoms with E-state index in [-0.39, 0.29) is 6.61 Å². The van der Waals surface area contributed by atoms with Crippen LogP contribution in [0.25, 0.3) is 0 Å². The molecule has 3 N–H and O–H groups in total. The van der Waals surface area contributed by atoms with Gasteiger partial charge in [-0.2, -0.15) is 0 Å². The average Bonchev–Trinajstić information content (AvgIpc) is 2.37. The van der Waals surface area contributed by atoms with E-state index in [1.54, 1.807) is 19.9 Å². The summed E-state index contributed by atoms with van der Waals surface area (Å²) in [4.78, 5) is 11.1. The van der Waals surface area contributed by atoms with Crippen molar-refractivity contribution in [1.82, 2.24) is 0 Å². The summed E-state index contributed by atoms with van der Waals surface area (Å²) >= 11 is 0. The fourth-order valence-corrected chi connectivity index (χ4v) is 1.47. The Labute approximate surface area is 113 Å². The Balaban J connectivity index is 2.95. The van der Waals surface area contributed by atoms with E-state index in [9.17, 15) is 4.79 Å². The van der Waals surface area contributed by atoms with Crippen molar-refractivity contribution >= 4 is 5.97 Å². The molecule has 0 heterocycles. The number of benzene rings is 1. The van der Waals surface area contributed by atoms with E-state index in [0.717, 1.165) is 5.56 Å². The van der Waals surface area contributed by atoms with Gasteiger partial charge in [-0.05, 0) is 26.8 Å². The zero-order valence-electron chi connectivity index (χ0n) is 11.6. The quantitative estimate of drug-likeness (QED) is 0.790. The molecule has 0 bridgehead atoms. The Bertz CT molecular complexity index is 443. The Morgan fingerprint density at radius 3 is 2.58 bits per heavy atom. The smallest absolute Gasteiger partial charge is 0.312 e. The van der Waals surface area contributed by atoms with Crippen molar-refractivity contribution in [1.29, 1.82) is 0 Å². The monoisotopic (exact) mass is 267 g/mol. The highest BCUT2D eigenvalue weighted by molar-refractivity contribution is 5.73. The van der Waals surface area contributed by atoms with E-state index in [0.29, 0.717) is 24.7 Å². The number of carboxylic acid groups (broad SMARTS) is 1. The van der Waals surface area contributed by atoms with E-state index in [1.807, 2.05) is 19.1 Å². The molecule has 0 radical (unpaired) electrons. The highest BCUT2D eigenvalue weighted by Gasteiger charge is 2.29. The Morgan fingerprint density at radius 2 is 2.05 bits per heavy atom. The summed E-state index contributed by atoms with van der Waals surface area (Å²) in [6, 6.07) is 5.46. The lowest BCUT2D eigenvalue weighted by molar-refractivity contribution is -0.148. The summed E-state index contributed by atoms with van der Waals surface area (Å²) in [6.07, 6.45) is 0. The van der Waals surface area contributed by atoms with E-state index in [1.165, 1.54) is 0 Å². The average molecular weight is 267 g/mol. The third kappa shape index (κ3) is 3.86. The molecule has 1 rings (SSSR count). The topological polar surface area (TPSA) is 81.8 Å². The first kappa shape index (κ1) is 15.3. The second-order valence-corrected chi connectivity index (χ2v) is 4.86. The molecule has 5 nitrogen and oxygen atoms in total. The molecular formula is C14H21NO4. The number of aliphatic carboxylic acids is 1. The molecule has 0 aliphatic heterocycles. The number of ether oxygens (including phenoxy) is 2. The van der Waals surface area contributed by atoms with Crippen LogP contribution in [0.5, 0.6) is 11.5 Å². The molecule has 5 heteroatoms. The van der Waals surface area contributed by atoms with Crippen LogP contribution in [0.15, 0.2) is 18.2 Å². The number of rotatable bonds is 7. The molecule has 0 saturated heterocycles. The molecule has 0 aliphatic rings. The van der Waals surface area contributed by atoms with Crippen LogP contribution in [-0.2, 0) is 11.3 Å². The summed E-state index contributed by atoms with van der Waals surface area (Å²) in [5.41, 5.74) is 5.49. The summed E-state index contributed by atoms with van der Waals surface area (Å²) in [5, 5.41) is 9.08. The predicted molar refractivity (Wildman–Crippen MR) is 72.4 cm³/mol. The predicted octanol–water partition coefficient (Wildman–Crippen LogP) is 2.03. The molecule has 0 atom stereocenters. The maximum Gasteiger partial charge on any atom is 0.312 e. The van der Waals surface area contributed by atoms with Crippen LogP contribution >= 0.6 is 0 Å². The second kappa shape index (κ2) is 6.43. The van der Waals surface area contributed by atoms with Gasteiger partial charge in [0.2, 0.25) is 0 Å². The Hall–Kier alpha value is -1.75. The number of carboxylic acids is 1. The number of hydrogen-bond donors (Lipinski definition) is 2. The minimum absolute atomic E-state index is 0.0550.